The van der Waals surface area contributed by atoms with Gasteiger partial charge >= 0.3 is 0 Å². The van der Waals surface area contributed by atoms with Crippen LogP contribution in [0.3, 0.4) is 0 Å². The Hall–Kier alpha value is -1.02. The van der Waals surface area contributed by atoms with Crippen molar-refractivity contribution in [3.63, 3.8) is 0 Å². The van der Waals surface area contributed by atoms with Crippen LogP contribution in [0.4, 0.5) is 0 Å². The molecule has 0 spiro atoms. The highest BCUT2D eigenvalue weighted by atomic mass is 15.1. The number of aryl methyl sites for hydroxylation is 1. The Balaban J connectivity index is 2.37. The standard InChI is InChI=1S/C16H28N2/c1-14(2)8-6-11-17(4)13-10-15(3)16-9-7-12-18(16)5/h7,9-10,12,14H,6,8,11,13H2,1-5H3/b15-10+. The molecule has 0 amide bonds. The third kappa shape index (κ3) is 5.09. The van der Waals surface area contributed by atoms with Gasteiger partial charge in [-0.15, -0.1) is 0 Å². The first-order valence-corrected chi connectivity index (χ1v) is 6.97. The maximum Gasteiger partial charge on any atom is 0.0431 e. The van der Waals surface area contributed by atoms with Crippen molar-refractivity contribution in [2.45, 2.75) is 33.6 Å². The molecule has 0 bridgehead atoms. The molecule has 1 rings (SSSR count). The van der Waals surface area contributed by atoms with E-state index < -0.39 is 0 Å². The van der Waals surface area contributed by atoms with Gasteiger partial charge in [-0.05, 0) is 57.0 Å². The number of nitrogens with zero attached hydrogens (tertiary/aromatic N) is 2. The van der Waals surface area contributed by atoms with E-state index in [9.17, 15) is 0 Å². The van der Waals surface area contributed by atoms with Gasteiger partial charge in [-0.1, -0.05) is 19.9 Å². The van der Waals surface area contributed by atoms with Gasteiger partial charge in [-0.3, -0.25) is 0 Å². The second-order valence-corrected chi connectivity index (χ2v) is 5.69. The molecule has 0 atom stereocenters. The number of allylic oxidation sites excluding steroid dienone is 1. The summed E-state index contributed by atoms with van der Waals surface area (Å²) in [5.41, 5.74) is 2.67. The van der Waals surface area contributed by atoms with Crippen molar-refractivity contribution in [1.29, 1.82) is 0 Å². The number of aromatic nitrogens is 1. The average Bonchev–Trinajstić information content (AvgIpc) is 2.72. The van der Waals surface area contributed by atoms with E-state index in [0.29, 0.717) is 0 Å². The van der Waals surface area contributed by atoms with Gasteiger partial charge in [0.15, 0.2) is 0 Å². The van der Waals surface area contributed by atoms with E-state index >= 15 is 0 Å². The summed E-state index contributed by atoms with van der Waals surface area (Å²) in [6.07, 6.45) is 7.04. The van der Waals surface area contributed by atoms with Gasteiger partial charge in [0.25, 0.3) is 0 Å². The SMILES string of the molecule is C/C(=C\CN(C)CCCC(C)C)c1cccn1C. The van der Waals surface area contributed by atoms with Crippen LogP contribution >= 0.6 is 0 Å². The molecule has 0 fully saturated rings. The van der Waals surface area contributed by atoms with Crippen LogP contribution in [0.15, 0.2) is 24.4 Å². The van der Waals surface area contributed by atoms with E-state index in [1.807, 2.05) is 0 Å². The Morgan fingerprint density at radius 2 is 2.17 bits per heavy atom. The van der Waals surface area contributed by atoms with Crippen LogP contribution in [0.5, 0.6) is 0 Å². The fraction of sp³-hybridized carbons (Fsp3) is 0.625. The Labute approximate surface area is 112 Å². The summed E-state index contributed by atoms with van der Waals surface area (Å²) in [4.78, 5) is 2.40. The molecule has 0 saturated carbocycles. The molecule has 1 aromatic heterocycles. The van der Waals surface area contributed by atoms with Crippen LogP contribution in [0, 0.1) is 5.92 Å². The van der Waals surface area contributed by atoms with Crippen molar-refractivity contribution >= 4 is 5.57 Å². The van der Waals surface area contributed by atoms with Crippen LogP contribution in [0.25, 0.3) is 5.57 Å². The van der Waals surface area contributed by atoms with Gasteiger partial charge in [-0.2, -0.15) is 0 Å². The number of hydrogen-bond acceptors (Lipinski definition) is 1. The smallest absolute Gasteiger partial charge is 0.0431 e. The van der Waals surface area contributed by atoms with E-state index in [2.05, 4.69) is 68.7 Å². The van der Waals surface area contributed by atoms with Crippen LogP contribution in [0.1, 0.15) is 39.3 Å². The first-order chi connectivity index (χ1) is 8.50. The minimum atomic E-state index is 0.819. The number of rotatable bonds is 7. The Bertz CT molecular complexity index is 374. The predicted molar refractivity (Wildman–Crippen MR) is 80.6 cm³/mol. The first kappa shape index (κ1) is 15.0. The van der Waals surface area contributed by atoms with Gasteiger partial charge in [-0.25, -0.2) is 0 Å². The largest absolute Gasteiger partial charge is 0.351 e. The van der Waals surface area contributed by atoms with E-state index in [1.165, 1.54) is 30.7 Å². The van der Waals surface area contributed by atoms with Gasteiger partial charge in [0, 0.05) is 25.5 Å². The molecule has 0 radical (unpaired) electrons. The minimum absolute atomic E-state index is 0.819. The number of likely N-dealkylation sites (N-methyl/N-ethyl adjacent to an activating group) is 1. The molecule has 1 aromatic rings. The fourth-order valence-electron chi connectivity index (χ4n) is 2.13. The van der Waals surface area contributed by atoms with Crippen molar-refractivity contribution in [2.24, 2.45) is 13.0 Å². The van der Waals surface area contributed by atoms with Crippen molar-refractivity contribution in [3.8, 4) is 0 Å². The van der Waals surface area contributed by atoms with Crippen LogP contribution in [-0.4, -0.2) is 29.6 Å². The van der Waals surface area contributed by atoms with E-state index in [-0.39, 0.29) is 0 Å². The molecule has 18 heavy (non-hydrogen) atoms. The summed E-state index contributed by atoms with van der Waals surface area (Å²) in [6.45, 7) is 9.00. The van der Waals surface area contributed by atoms with Crippen LogP contribution < -0.4 is 0 Å². The molecule has 1 heterocycles. The van der Waals surface area contributed by atoms with Crippen molar-refractivity contribution in [2.75, 3.05) is 20.1 Å². The molecule has 0 saturated heterocycles. The maximum absolute atomic E-state index is 2.40. The van der Waals surface area contributed by atoms with Crippen molar-refractivity contribution < 1.29 is 0 Å². The fourth-order valence-corrected chi connectivity index (χ4v) is 2.13. The highest BCUT2D eigenvalue weighted by molar-refractivity contribution is 5.61. The van der Waals surface area contributed by atoms with Crippen LogP contribution in [0.2, 0.25) is 0 Å². The normalized spacial score (nSPS) is 12.7. The summed E-state index contributed by atoms with van der Waals surface area (Å²) in [5, 5.41) is 0. The lowest BCUT2D eigenvalue weighted by Crippen LogP contribution is -2.20. The molecule has 2 nitrogen and oxygen atoms in total. The lowest BCUT2D eigenvalue weighted by atomic mass is 10.1. The van der Waals surface area contributed by atoms with E-state index in [1.54, 1.807) is 0 Å². The topological polar surface area (TPSA) is 8.17 Å². The van der Waals surface area contributed by atoms with Crippen molar-refractivity contribution in [1.82, 2.24) is 9.47 Å². The highest BCUT2D eigenvalue weighted by Crippen LogP contribution is 2.13. The summed E-state index contributed by atoms with van der Waals surface area (Å²) in [5.74, 6) is 0.819. The van der Waals surface area contributed by atoms with Gasteiger partial charge in [0.05, 0.1) is 0 Å². The summed E-state index contributed by atoms with van der Waals surface area (Å²) in [6, 6.07) is 4.27. The summed E-state index contributed by atoms with van der Waals surface area (Å²) < 4.78 is 2.17. The zero-order valence-corrected chi connectivity index (χ0v) is 12.6. The zero-order chi connectivity index (χ0) is 13.5. The lowest BCUT2D eigenvalue weighted by molar-refractivity contribution is 0.348. The van der Waals surface area contributed by atoms with E-state index in [0.717, 1.165) is 12.5 Å². The summed E-state index contributed by atoms with van der Waals surface area (Å²) >= 11 is 0. The Kier molecular flexibility index (Phi) is 6.20. The monoisotopic (exact) mass is 248 g/mol. The molecular formula is C16H28N2. The molecule has 102 valence electrons. The highest BCUT2D eigenvalue weighted by Gasteiger charge is 2.01. The molecule has 0 unspecified atom stereocenters. The van der Waals surface area contributed by atoms with E-state index in [4.69, 9.17) is 0 Å². The second kappa shape index (κ2) is 7.42. The lowest BCUT2D eigenvalue weighted by Gasteiger charge is -2.15. The molecular weight excluding hydrogens is 220 g/mol. The molecule has 0 aliphatic heterocycles. The molecule has 0 N–H and O–H groups in total. The first-order valence-electron chi connectivity index (χ1n) is 6.97. The zero-order valence-electron chi connectivity index (χ0n) is 12.6. The molecule has 0 aromatic carbocycles. The van der Waals surface area contributed by atoms with Crippen LogP contribution in [-0.2, 0) is 7.05 Å². The quantitative estimate of drug-likeness (QED) is 0.712. The van der Waals surface area contributed by atoms with Gasteiger partial charge in [0.1, 0.15) is 0 Å². The predicted octanol–water partition coefficient (Wildman–Crippen LogP) is 3.80. The second-order valence-electron chi connectivity index (χ2n) is 5.69. The molecule has 0 aliphatic carbocycles. The minimum Gasteiger partial charge on any atom is -0.351 e. The van der Waals surface area contributed by atoms with Gasteiger partial charge in [0.2, 0.25) is 0 Å². The molecule has 2 heteroatoms. The maximum atomic E-state index is 2.40. The van der Waals surface area contributed by atoms with Crippen molar-refractivity contribution in [3.05, 3.63) is 30.1 Å². The number of hydrogen-bond donors (Lipinski definition) is 0. The van der Waals surface area contributed by atoms with Gasteiger partial charge < -0.3 is 9.47 Å². The average molecular weight is 248 g/mol. The third-order valence-electron chi connectivity index (χ3n) is 3.38. The molecule has 0 aliphatic rings. The summed E-state index contributed by atoms with van der Waals surface area (Å²) in [7, 11) is 4.30. The third-order valence-corrected chi connectivity index (χ3v) is 3.38. The Morgan fingerprint density at radius 3 is 2.72 bits per heavy atom. The Morgan fingerprint density at radius 1 is 1.44 bits per heavy atom.